The summed E-state index contributed by atoms with van der Waals surface area (Å²) in [7, 11) is 1.40. The molecule has 12 heavy (non-hydrogen) atoms. The third-order valence-corrected chi connectivity index (χ3v) is 1.27. The van der Waals surface area contributed by atoms with Gasteiger partial charge in [0.05, 0.1) is 13.3 Å². The summed E-state index contributed by atoms with van der Waals surface area (Å²) in [6.45, 7) is 0. The van der Waals surface area contributed by atoms with Crippen LogP contribution in [0.25, 0.3) is 0 Å². The summed E-state index contributed by atoms with van der Waals surface area (Å²) >= 11 is 0. The van der Waals surface area contributed by atoms with Gasteiger partial charge in [-0.15, -0.1) is 4.91 Å². The van der Waals surface area contributed by atoms with E-state index in [0.29, 0.717) is 0 Å². The van der Waals surface area contributed by atoms with Crippen LogP contribution >= 0.6 is 0 Å². The van der Waals surface area contributed by atoms with E-state index in [1.54, 1.807) is 0 Å². The number of nitriles is 1. The van der Waals surface area contributed by atoms with Gasteiger partial charge in [-0.1, -0.05) is 0 Å². The molecule has 0 atom stereocenters. The molecule has 1 heterocycles. The molecule has 1 aromatic rings. The second-order valence-electron chi connectivity index (χ2n) is 1.95. The molecule has 0 amide bonds. The van der Waals surface area contributed by atoms with Crippen molar-refractivity contribution in [2.45, 2.75) is 0 Å². The van der Waals surface area contributed by atoms with Crippen LogP contribution in [-0.4, -0.2) is 12.1 Å². The first-order valence-electron chi connectivity index (χ1n) is 3.09. The lowest BCUT2D eigenvalue weighted by molar-refractivity contribution is 0.411. The smallest absolute Gasteiger partial charge is 0.182 e. The van der Waals surface area contributed by atoms with Gasteiger partial charge in [0.15, 0.2) is 11.4 Å². The van der Waals surface area contributed by atoms with Gasteiger partial charge < -0.3 is 4.74 Å². The van der Waals surface area contributed by atoms with E-state index in [1.807, 2.05) is 6.07 Å². The van der Waals surface area contributed by atoms with Gasteiger partial charge in [-0.2, -0.15) is 5.26 Å². The molecular formula is C7H5N3O2. The standard InChI is InChI=1S/C7H5N3O2/c1-12-7-2-5(10-11)4-9-6(7)3-8/h2,4H,1H3. The Morgan fingerprint density at radius 3 is 3.00 bits per heavy atom. The van der Waals surface area contributed by atoms with E-state index >= 15 is 0 Å². The molecule has 0 fully saturated rings. The van der Waals surface area contributed by atoms with Crippen molar-refractivity contribution in [3.05, 3.63) is 22.9 Å². The van der Waals surface area contributed by atoms with Gasteiger partial charge in [-0.3, -0.25) is 0 Å². The fourth-order valence-corrected chi connectivity index (χ4v) is 0.724. The lowest BCUT2D eigenvalue weighted by Crippen LogP contribution is -1.89. The Hall–Kier alpha value is -1.96. The number of aromatic nitrogens is 1. The Bertz CT molecular complexity index is 343. The summed E-state index contributed by atoms with van der Waals surface area (Å²) in [5.74, 6) is 0.259. The number of pyridine rings is 1. The largest absolute Gasteiger partial charge is 0.494 e. The van der Waals surface area contributed by atoms with Crippen LogP contribution in [-0.2, 0) is 0 Å². The Kier molecular flexibility index (Phi) is 2.33. The summed E-state index contributed by atoms with van der Waals surface area (Å²) in [5, 5.41) is 11.2. The third-order valence-electron chi connectivity index (χ3n) is 1.27. The van der Waals surface area contributed by atoms with Crippen LogP contribution in [0.2, 0.25) is 0 Å². The van der Waals surface area contributed by atoms with Gasteiger partial charge >= 0.3 is 0 Å². The SMILES string of the molecule is COc1cc(N=O)cnc1C#N. The number of hydrogen-bond acceptors (Lipinski definition) is 5. The summed E-state index contributed by atoms with van der Waals surface area (Å²) in [5.41, 5.74) is 0.288. The summed E-state index contributed by atoms with van der Waals surface area (Å²) in [6.07, 6.45) is 1.22. The first-order valence-corrected chi connectivity index (χ1v) is 3.09. The Morgan fingerprint density at radius 2 is 2.50 bits per heavy atom. The zero-order valence-corrected chi connectivity index (χ0v) is 6.31. The van der Waals surface area contributed by atoms with Gasteiger partial charge in [-0.05, 0) is 5.18 Å². The van der Waals surface area contributed by atoms with E-state index in [2.05, 4.69) is 10.2 Å². The maximum Gasteiger partial charge on any atom is 0.182 e. The van der Waals surface area contributed by atoms with Crippen LogP contribution in [0.1, 0.15) is 5.69 Å². The predicted molar refractivity (Wildman–Crippen MR) is 41.0 cm³/mol. The molecule has 5 nitrogen and oxygen atoms in total. The highest BCUT2D eigenvalue weighted by Gasteiger charge is 2.04. The van der Waals surface area contributed by atoms with Crippen molar-refractivity contribution < 1.29 is 4.74 Å². The van der Waals surface area contributed by atoms with E-state index in [9.17, 15) is 4.91 Å². The molecule has 0 N–H and O–H groups in total. The maximum absolute atomic E-state index is 10.0. The highest BCUT2D eigenvalue weighted by atomic mass is 16.5. The predicted octanol–water partition coefficient (Wildman–Crippen LogP) is 1.36. The van der Waals surface area contributed by atoms with Gasteiger partial charge in [0.1, 0.15) is 11.8 Å². The molecule has 0 saturated carbocycles. The number of methoxy groups -OCH3 is 1. The highest BCUT2D eigenvalue weighted by Crippen LogP contribution is 2.21. The fraction of sp³-hybridized carbons (Fsp3) is 0.143. The van der Waals surface area contributed by atoms with Gasteiger partial charge in [0, 0.05) is 6.07 Å². The molecule has 0 bridgehead atoms. The Labute approximate surface area is 68.6 Å². The minimum Gasteiger partial charge on any atom is -0.494 e. The summed E-state index contributed by atoms with van der Waals surface area (Å²) < 4.78 is 4.79. The third kappa shape index (κ3) is 1.37. The summed E-state index contributed by atoms with van der Waals surface area (Å²) in [4.78, 5) is 13.7. The van der Waals surface area contributed by atoms with Crippen molar-refractivity contribution in [3.63, 3.8) is 0 Å². The van der Waals surface area contributed by atoms with Crippen molar-refractivity contribution in [1.29, 1.82) is 5.26 Å². The molecule has 1 aromatic heterocycles. The number of nitroso groups, excluding NO2 is 1. The van der Waals surface area contributed by atoms with E-state index < -0.39 is 0 Å². The van der Waals surface area contributed by atoms with Crippen molar-refractivity contribution in [2.24, 2.45) is 5.18 Å². The number of rotatable bonds is 2. The highest BCUT2D eigenvalue weighted by molar-refractivity contribution is 5.47. The van der Waals surface area contributed by atoms with Crippen LogP contribution in [0.15, 0.2) is 17.4 Å². The second-order valence-corrected chi connectivity index (χ2v) is 1.95. The second kappa shape index (κ2) is 3.44. The minimum absolute atomic E-state index is 0.143. The lowest BCUT2D eigenvalue weighted by Gasteiger charge is -1.99. The topological polar surface area (TPSA) is 75.3 Å². The van der Waals surface area contributed by atoms with E-state index in [4.69, 9.17) is 10.00 Å². The summed E-state index contributed by atoms with van der Waals surface area (Å²) in [6, 6.07) is 3.18. The zero-order valence-electron chi connectivity index (χ0n) is 6.31. The molecule has 0 radical (unpaired) electrons. The Balaban J connectivity index is 3.21. The lowest BCUT2D eigenvalue weighted by atomic mass is 10.3. The zero-order chi connectivity index (χ0) is 8.97. The molecule has 0 aliphatic heterocycles. The number of nitrogens with zero attached hydrogens (tertiary/aromatic N) is 3. The fourth-order valence-electron chi connectivity index (χ4n) is 0.724. The van der Waals surface area contributed by atoms with Crippen molar-refractivity contribution >= 4 is 5.69 Å². The monoisotopic (exact) mass is 163 g/mol. The normalized spacial score (nSPS) is 8.67. The molecule has 1 rings (SSSR count). The molecule has 0 aliphatic rings. The van der Waals surface area contributed by atoms with Crippen LogP contribution in [0.5, 0.6) is 5.75 Å². The minimum atomic E-state index is 0.143. The van der Waals surface area contributed by atoms with Crippen molar-refractivity contribution in [1.82, 2.24) is 4.98 Å². The number of ether oxygens (including phenoxy) is 1. The molecule has 5 heteroatoms. The first-order chi connectivity index (χ1) is 5.81. The van der Waals surface area contributed by atoms with E-state index in [-0.39, 0.29) is 17.1 Å². The average Bonchev–Trinajstić information content (AvgIpc) is 2.16. The van der Waals surface area contributed by atoms with Gasteiger partial charge in [-0.25, -0.2) is 4.98 Å². The average molecular weight is 163 g/mol. The van der Waals surface area contributed by atoms with Gasteiger partial charge in [0.25, 0.3) is 0 Å². The van der Waals surface area contributed by atoms with Crippen LogP contribution in [0, 0.1) is 16.2 Å². The molecule has 0 saturated heterocycles. The Morgan fingerprint density at radius 1 is 1.75 bits per heavy atom. The number of hydrogen-bond donors (Lipinski definition) is 0. The molecule has 0 aliphatic carbocycles. The van der Waals surface area contributed by atoms with Gasteiger partial charge in [0.2, 0.25) is 0 Å². The maximum atomic E-state index is 10.0. The van der Waals surface area contributed by atoms with E-state index in [1.165, 1.54) is 19.4 Å². The van der Waals surface area contributed by atoms with Crippen LogP contribution < -0.4 is 4.74 Å². The van der Waals surface area contributed by atoms with Crippen molar-refractivity contribution in [3.8, 4) is 11.8 Å². The molecule has 0 unspecified atom stereocenters. The van der Waals surface area contributed by atoms with Crippen LogP contribution in [0.3, 0.4) is 0 Å². The molecular weight excluding hydrogens is 158 g/mol. The van der Waals surface area contributed by atoms with E-state index in [0.717, 1.165) is 0 Å². The van der Waals surface area contributed by atoms with Crippen LogP contribution in [0.4, 0.5) is 5.69 Å². The molecule has 0 spiro atoms. The molecule has 0 aromatic carbocycles. The quantitative estimate of drug-likeness (QED) is 0.617. The van der Waals surface area contributed by atoms with Crippen molar-refractivity contribution in [2.75, 3.05) is 7.11 Å². The molecule has 60 valence electrons. The first kappa shape index (κ1) is 8.14.